The first-order valence-electron chi connectivity index (χ1n) is 11.6. The van der Waals surface area contributed by atoms with Gasteiger partial charge >= 0.3 is 0 Å². The highest BCUT2D eigenvalue weighted by Crippen LogP contribution is 2.26. The number of amidine groups is 1. The van der Waals surface area contributed by atoms with Crippen LogP contribution in [-0.4, -0.2) is 40.8 Å². The second-order valence-electron chi connectivity index (χ2n) is 8.72. The van der Waals surface area contributed by atoms with Crippen LogP contribution in [0.2, 0.25) is 0 Å². The van der Waals surface area contributed by atoms with Gasteiger partial charge in [0, 0.05) is 24.5 Å². The van der Waals surface area contributed by atoms with Gasteiger partial charge in [0.05, 0.1) is 5.56 Å². The highest BCUT2D eigenvalue weighted by atomic mass is 16.3. The smallest absolute Gasteiger partial charge is 0.253 e. The minimum absolute atomic E-state index is 0.0771. The van der Waals surface area contributed by atoms with Crippen molar-refractivity contribution in [3.8, 4) is 0 Å². The van der Waals surface area contributed by atoms with Crippen LogP contribution in [-0.2, 0) is 0 Å². The maximum Gasteiger partial charge on any atom is 0.253 e. The molecule has 5 N–H and O–H groups in total. The van der Waals surface area contributed by atoms with Crippen LogP contribution in [0.3, 0.4) is 0 Å². The number of aromatic nitrogens is 1. The fraction of sp³-hybridized carbons (Fsp3) is 0.500. The Balaban J connectivity index is 1.55. The average Bonchev–Trinajstić information content (AvgIpc) is 3.41. The Hall–Kier alpha value is -2.84. The Morgan fingerprint density at radius 1 is 1.31 bits per heavy atom. The SMILES string of the molecule is CCCNC(=O)c1cn2c(c1C)C(Nc1cc(C(O)NC3CCCC3)ccc1C)=NCN2. The van der Waals surface area contributed by atoms with Crippen LogP contribution in [0.15, 0.2) is 29.4 Å². The molecule has 172 valence electrons. The summed E-state index contributed by atoms with van der Waals surface area (Å²) in [6, 6.07) is 6.32. The number of carbonyl (C=O) groups excluding carboxylic acids is 1. The third-order valence-corrected chi connectivity index (χ3v) is 6.32. The number of fused-ring (bicyclic) bond motifs is 1. The first-order chi connectivity index (χ1) is 15.5. The van der Waals surface area contributed by atoms with E-state index in [1.54, 1.807) is 0 Å². The molecule has 0 radical (unpaired) electrons. The van der Waals surface area contributed by atoms with E-state index in [0.717, 1.165) is 47.3 Å². The van der Waals surface area contributed by atoms with Gasteiger partial charge in [-0.1, -0.05) is 31.9 Å². The van der Waals surface area contributed by atoms with Crippen molar-refractivity contribution < 1.29 is 9.90 Å². The van der Waals surface area contributed by atoms with Crippen LogP contribution in [0.5, 0.6) is 0 Å². The van der Waals surface area contributed by atoms with E-state index in [4.69, 9.17) is 0 Å². The predicted molar refractivity (Wildman–Crippen MR) is 128 cm³/mol. The van der Waals surface area contributed by atoms with Crippen molar-refractivity contribution in [2.24, 2.45) is 4.99 Å². The molecule has 8 heteroatoms. The fourth-order valence-corrected chi connectivity index (χ4v) is 4.43. The number of aliphatic hydroxyl groups excluding tert-OH is 1. The third kappa shape index (κ3) is 4.66. The number of aliphatic hydroxyl groups is 1. The molecule has 2 aliphatic rings. The molecule has 1 unspecified atom stereocenters. The molecule has 1 aromatic carbocycles. The molecule has 1 aliphatic heterocycles. The summed E-state index contributed by atoms with van der Waals surface area (Å²) in [5.41, 5.74) is 8.31. The number of carbonyl (C=O) groups is 1. The summed E-state index contributed by atoms with van der Waals surface area (Å²) >= 11 is 0. The zero-order valence-electron chi connectivity index (χ0n) is 19.2. The van der Waals surface area contributed by atoms with Gasteiger partial charge in [-0.2, -0.15) is 0 Å². The Morgan fingerprint density at radius 2 is 2.09 bits per heavy atom. The maximum absolute atomic E-state index is 12.6. The number of anilines is 1. The number of aryl methyl sites for hydroxylation is 1. The van der Waals surface area contributed by atoms with E-state index >= 15 is 0 Å². The summed E-state index contributed by atoms with van der Waals surface area (Å²) < 4.78 is 1.86. The highest BCUT2D eigenvalue weighted by Gasteiger charge is 2.24. The summed E-state index contributed by atoms with van der Waals surface area (Å²) in [4.78, 5) is 17.2. The molecule has 2 aromatic rings. The normalized spacial score (nSPS) is 16.8. The summed E-state index contributed by atoms with van der Waals surface area (Å²) in [5, 5.41) is 20.4. The molecular formula is C24H34N6O2. The van der Waals surface area contributed by atoms with Crippen LogP contribution >= 0.6 is 0 Å². The lowest BCUT2D eigenvalue weighted by Crippen LogP contribution is -2.31. The van der Waals surface area contributed by atoms with Crippen molar-refractivity contribution in [3.05, 3.63) is 52.3 Å². The van der Waals surface area contributed by atoms with Gasteiger partial charge in [-0.15, -0.1) is 0 Å². The minimum atomic E-state index is -0.700. The lowest BCUT2D eigenvalue weighted by molar-refractivity contribution is 0.0953. The lowest BCUT2D eigenvalue weighted by Gasteiger charge is -2.22. The number of rotatable bonds is 7. The summed E-state index contributed by atoms with van der Waals surface area (Å²) in [5.74, 6) is 0.626. The van der Waals surface area contributed by atoms with Crippen LogP contribution in [0.25, 0.3) is 0 Å². The minimum Gasteiger partial charge on any atom is -0.374 e. The molecule has 0 bridgehead atoms. The van der Waals surface area contributed by atoms with Crippen molar-refractivity contribution in [1.29, 1.82) is 0 Å². The van der Waals surface area contributed by atoms with Gasteiger partial charge in [0.25, 0.3) is 5.91 Å². The number of aliphatic imine (C=N–C) groups is 1. The Kier molecular flexibility index (Phi) is 6.81. The fourth-order valence-electron chi connectivity index (χ4n) is 4.43. The molecule has 1 aliphatic carbocycles. The molecular weight excluding hydrogens is 404 g/mol. The summed E-state index contributed by atoms with van der Waals surface area (Å²) in [7, 11) is 0. The summed E-state index contributed by atoms with van der Waals surface area (Å²) in [6.07, 6.45) is 6.68. The Labute approximate surface area is 189 Å². The van der Waals surface area contributed by atoms with E-state index in [2.05, 4.69) is 26.4 Å². The standard InChI is InChI=1S/C24H34N6O2/c1-4-11-25-24(32)19-13-30-21(16(19)3)22(26-14-27-30)29-20-12-17(10-9-15(20)2)23(31)28-18-7-5-6-8-18/h9-10,12-13,18,23,27-28,31H,4-8,11,14H2,1-3H3,(H,25,32)(H,26,29). The maximum atomic E-state index is 12.6. The van der Waals surface area contributed by atoms with Gasteiger partial charge in [0.15, 0.2) is 5.84 Å². The van der Waals surface area contributed by atoms with Crippen LogP contribution in [0.1, 0.15) is 78.0 Å². The van der Waals surface area contributed by atoms with Gasteiger partial charge < -0.3 is 21.2 Å². The Morgan fingerprint density at radius 3 is 2.84 bits per heavy atom. The number of nitrogens with zero attached hydrogens (tertiary/aromatic N) is 2. The number of hydrogen-bond acceptors (Lipinski definition) is 6. The zero-order valence-corrected chi connectivity index (χ0v) is 19.2. The van der Waals surface area contributed by atoms with E-state index in [0.29, 0.717) is 30.7 Å². The first-order valence-corrected chi connectivity index (χ1v) is 11.6. The lowest BCUT2D eigenvalue weighted by atomic mass is 10.1. The monoisotopic (exact) mass is 438 g/mol. The molecule has 0 saturated heterocycles. The summed E-state index contributed by atoms with van der Waals surface area (Å²) in [6.45, 7) is 7.05. The molecule has 1 atom stereocenters. The van der Waals surface area contributed by atoms with Crippen molar-refractivity contribution in [3.63, 3.8) is 0 Å². The van der Waals surface area contributed by atoms with Gasteiger partial charge in [0.1, 0.15) is 18.6 Å². The molecule has 1 saturated carbocycles. The number of amides is 1. The molecule has 8 nitrogen and oxygen atoms in total. The molecule has 0 spiro atoms. The van der Waals surface area contributed by atoms with Gasteiger partial charge in [-0.25, -0.2) is 4.99 Å². The quantitative estimate of drug-likeness (QED) is 0.428. The van der Waals surface area contributed by atoms with Crippen molar-refractivity contribution in [1.82, 2.24) is 15.3 Å². The van der Waals surface area contributed by atoms with E-state index in [-0.39, 0.29) is 5.91 Å². The molecule has 32 heavy (non-hydrogen) atoms. The van der Waals surface area contributed by atoms with Crippen molar-refractivity contribution in [2.75, 3.05) is 24.0 Å². The average molecular weight is 439 g/mol. The van der Waals surface area contributed by atoms with E-state index in [1.165, 1.54) is 12.8 Å². The number of nitrogens with one attached hydrogen (secondary N) is 4. The van der Waals surface area contributed by atoms with E-state index < -0.39 is 6.23 Å². The van der Waals surface area contributed by atoms with E-state index in [1.807, 2.05) is 49.8 Å². The topological polar surface area (TPSA) is 103 Å². The Bertz CT molecular complexity index is 1010. The molecule has 2 heterocycles. The van der Waals surface area contributed by atoms with E-state index in [9.17, 15) is 9.90 Å². The number of hydrogen-bond donors (Lipinski definition) is 5. The molecule has 1 amide bonds. The van der Waals surface area contributed by atoms with Crippen LogP contribution < -0.4 is 21.4 Å². The van der Waals surface area contributed by atoms with Gasteiger partial charge in [-0.05, 0) is 55.9 Å². The first kappa shape index (κ1) is 22.4. The second-order valence-corrected chi connectivity index (χ2v) is 8.72. The van der Waals surface area contributed by atoms with Gasteiger partial charge in [-0.3, -0.25) is 14.8 Å². The predicted octanol–water partition coefficient (Wildman–Crippen LogP) is 3.14. The molecule has 1 fully saturated rings. The molecule has 4 rings (SSSR count). The van der Waals surface area contributed by atoms with Crippen LogP contribution in [0.4, 0.5) is 5.69 Å². The molecule has 1 aromatic heterocycles. The highest BCUT2D eigenvalue weighted by molar-refractivity contribution is 6.11. The largest absolute Gasteiger partial charge is 0.374 e. The van der Waals surface area contributed by atoms with Crippen molar-refractivity contribution >= 4 is 17.4 Å². The second kappa shape index (κ2) is 9.75. The zero-order chi connectivity index (χ0) is 22.7. The van der Waals surface area contributed by atoms with Gasteiger partial charge in [0.2, 0.25) is 0 Å². The van der Waals surface area contributed by atoms with Crippen molar-refractivity contribution in [2.45, 2.75) is 65.1 Å². The number of benzene rings is 1. The van der Waals surface area contributed by atoms with Crippen LogP contribution in [0, 0.1) is 13.8 Å². The third-order valence-electron chi connectivity index (χ3n) is 6.32.